The van der Waals surface area contributed by atoms with Crippen LogP contribution >= 0.6 is 0 Å². The van der Waals surface area contributed by atoms with Gasteiger partial charge in [0.1, 0.15) is 11.5 Å². The molecule has 0 atom stereocenters. The van der Waals surface area contributed by atoms with Crippen molar-refractivity contribution in [2.45, 2.75) is 91.4 Å². The first-order chi connectivity index (χ1) is 15.7. The quantitative estimate of drug-likeness (QED) is 0.185. The molecule has 176 valence electrons. The Morgan fingerprint density at radius 1 is 0.781 bits per heavy atom. The van der Waals surface area contributed by atoms with Crippen LogP contribution in [-0.2, 0) is 12.8 Å². The molecule has 2 aromatic rings. The smallest absolute Gasteiger partial charge is 0.163 e. The Bertz CT molecular complexity index is 797. The molecule has 3 heteroatoms. The summed E-state index contributed by atoms with van der Waals surface area (Å²) < 4.78 is 11.9. The summed E-state index contributed by atoms with van der Waals surface area (Å²) in [4.78, 5) is 12.9. The maximum Gasteiger partial charge on any atom is 0.163 e. The number of carbonyl (C=O) groups is 1. The Labute approximate surface area is 195 Å². The lowest BCUT2D eigenvalue weighted by atomic mass is 9.99. The Morgan fingerprint density at radius 3 is 2.19 bits per heavy atom. The summed E-state index contributed by atoms with van der Waals surface area (Å²) in [7, 11) is 0. The predicted molar refractivity (Wildman–Crippen MR) is 134 cm³/mol. The average molecular weight is 439 g/mol. The Morgan fingerprint density at radius 2 is 1.50 bits per heavy atom. The van der Waals surface area contributed by atoms with E-state index in [0.29, 0.717) is 19.4 Å². The molecule has 2 aromatic carbocycles. The summed E-state index contributed by atoms with van der Waals surface area (Å²) in [6.07, 6.45) is 11.6. The van der Waals surface area contributed by atoms with Crippen molar-refractivity contribution in [2.24, 2.45) is 0 Å². The predicted octanol–water partition coefficient (Wildman–Crippen LogP) is 7.98. The fraction of sp³-hybridized carbons (Fsp3) is 0.552. The van der Waals surface area contributed by atoms with Crippen molar-refractivity contribution in [1.82, 2.24) is 0 Å². The van der Waals surface area contributed by atoms with E-state index in [1.165, 1.54) is 44.1 Å². The average Bonchev–Trinajstić information content (AvgIpc) is 2.83. The van der Waals surface area contributed by atoms with Crippen molar-refractivity contribution < 1.29 is 14.3 Å². The Balaban J connectivity index is 1.92. The number of hydrogen-bond donors (Lipinski definition) is 0. The van der Waals surface area contributed by atoms with E-state index in [0.717, 1.165) is 48.5 Å². The van der Waals surface area contributed by atoms with Gasteiger partial charge in [-0.25, -0.2) is 0 Å². The molecule has 0 N–H and O–H groups in total. The second-order valence-corrected chi connectivity index (χ2v) is 8.56. The van der Waals surface area contributed by atoms with Gasteiger partial charge in [-0.1, -0.05) is 83.6 Å². The molecule has 0 aliphatic heterocycles. The van der Waals surface area contributed by atoms with Crippen LogP contribution in [0.2, 0.25) is 0 Å². The maximum atomic E-state index is 12.9. The standard InChI is InChI=1S/C29H42O3/c1-4-7-9-11-20-31-27-15-13-14-25(23-27)28(30)18-17-26-22-24(6-3)16-19-29(26)32-21-12-10-8-5-2/h13-16,19,22-23H,4-12,17-18,20-21H2,1-3H3. The molecule has 0 amide bonds. The zero-order valence-electron chi connectivity index (χ0n) is 20.5. The lowest BCUT2D eigenvalue weighted by Gasteiger charge is -2.13. The van der Waals surface area contributed by atoms with E-state index < -0.39 is 0 Å². The normalized spacial score (nSPS) is 10.8. The van der Waals surface area contributed by atoms with Gasteiger partial charge in [0.15, 0.2) is 5.78 Å². The van der Waals surface area contributed by atoms with E-state index in [1.54, 1.807) is 0 Å². The van der Waals surface area contributed by atoms with Gasteiger partial charge in [0.05, 0.1) is 13.2 Å². The van der Waals surface area contributed by atoms with Crippen LogP contribution in [0.5, 0.6) is 11.5 Å². The molecule has 0 fully saturated rings. The van der Waals surface area contributed by atoms with Crippen molar-refractivity contribution in [2.75, 3.05) is 13.2 Å². The Hall–Kier alpha value is -2.29. The molecule has 32 heavy (non-hydrogen) atoms. The second kappa shape index (κ2) is 15.5. The molecular formula is C29H42O3. The van der Waals surface area contributed by atoms with Gasteiger partial charge in [-0.2, -0.15) is 0 Å². The first-order valence-electron chi connectivity index (χ1n) is 12.7. The maximum absolute atomic E-state index is 12.9. The number of ketones is 1. The highest BCUT2D eigenvalue weighted by atomic mass is 16.5. The fourth-order valence-corrected chi connectivity index (χ4v) is 3.77. The summed E-state index contributed by atoms with van der Waals surface area (Å²) in [5.74, 6) is 1.87. The monoisotopic (exact) mass is 438 g/mol. The van der Waals surface area contributed by atoms with Gasteiger partial charge in [0.2, 0.25) is 0 Å². The largest absolute Gasteiger partial charge is 0.494 e. The van der Waals surface area contributed by atoms with Gasteiger partial charge in [0, 0.05) is 12.0 Å². The van der Waals surface area contributed by atoms with Crippen LogP contribution in [-0.4, -0.2) is 19.0 Å². The van der Waals surface area contributed by atoms with Gasteiger partial charge in [0.25, 0.3) is 0 Å². The van der Waals surface area contributed by atoms with Crippen molar-refractivity contribution in [3.8, 4) is 11.5 Å². The number of rotatable bonds is 17. The van der Waals surface area contributed by atoms with Gasteiger partial charge in [-0.3, -0.25) is 4.79 Å². The van der Waals surface area contributed by atoms with Crippen molar-refractivity contribution in [3.63, 3.8) is 0 Å². The van der Waals surface area contributed by atoms with Crippen LogP contribution in [0.3, 0.4) is 0 Å². The third-order valence-electron chi connectivity index (χ3n) is 5.83. The molecule has 0 unspecified atom stereocenters. The van der Waals surface area contributed by atoms with E-state index in [9.17, 15) is 4.79 Å². The van der Waals surface area contributed by atoms with E-state index in [1.807, 2.05) is 24.3 Å². The van der Waals surface area contributed by atoms with Gasteiger partial charge in [-0.15, -0.1) is 0 Å². The molecule has 0 aromatic heterocycles. The Kier molecular flexibility index (Phi) is 12.6. The van der Waals surface area contributed by atoms with Crippen molar-refractivity contribution >= 4 is 5.78 Å². The van der Waals surface area contributed by atoms with Crippen LogP contribution in [0, 0.1) is 0 Å². The van der Waals surface area contributed by atoms with Crippen LogP contribution in [0.1, 0.15) is 100 Å². The molecule has 0 heterocycles. The number of Topliss-reactive ketones (excluding diaryl/α,β-unsaturated/α-hetero) is 1. The van der Waals surface area contributed by atoms with Crippen LogP contribution in [0.4, 0.5) is 0 Å². The summed E-state index contributed by atoms with van der Waals surface area (Å²) in [5.41, 5.74) is 3.14. The highest BCUT2D eigenvalue weighted by molar-refractivity contribution is 5.96. The molecule has 3 nitrogen and oxygen atoms in total. The second-order valence-electron chi connectivity index (χ2n) is 8.56. The van der Waals surface area contributed by atoms with Gasteiger partial charge in [-0.05, 0) is 55.0 Å². The minimum atomic E-state index is 0.150. The molecule has 0 aliphatic carbocycles. The minimum absolute atomic E-state index is 0.150. The zero-order chi connectivity index (χ0) is 23.0. The number of aryl methyl sites for hydroxylation is 2. The van der Waals surface area contributed by atoms with Crippen LogP contribution < -0.4 is 9.47 Å². The fourth-order valence-electron chi connectivity index (χ4n) is 3.77. The molecule has 2 rings (SSSR count). The summed E-state index contributed by atoms with van der Waals surface area (Å²) >= 11 is 0. The highest BCUT2D eigenvalue weighted by Gasteiger charge is 2.11. The number of benzene rings is 2. The van der Waals surface area contributed by atoms with Crippen LogP contribution in [0.25, 0.3) is 0 Å². The number of unbranched alkanes of at least 4 members (excludes halogenated alkanes) is 6. The van der Waals surface area contributed by atoms with E-state index in [2.05, 4.69) is 39.0 Å². The number of ether oxygens (including phenoxy) is 2. The molecule has 0 bridgehead atoms. The summed E-state index contributed by atoms with van der Waals surface area (Å²) in [6.45, 7) is 8.03. The van der Waals surface area contributed by atoms with E-state index in [4.69, 9.17) is 9.47 Å². The van der Waals surface area contributed by atoms with E-state index in [-0.39, 0.29) is 5.78 Å². The van der Waals surface area contributed by atoms with Crippen LogP contribution in [0.15, 0.2) is 42.5 Å². The van der Waals surface area contributed by atoms with Crippen molar-refractivity contribution in [3.05, 3.63) is 59.2 Å². The molecule has 0 radical (unpaired) electrons. The third-order valence-corrected chi connectivity index (χ3v) is 5.83. The molecule has 0 saturated carbocycles. The zero-order valence-corrected chi connectivity index (χ0v) is 20.5. The molecule has 0 spiro atoms. The number of hydrogen-bond acceptors (Lipinski definition) is 3. The third kappa shape index (κ3) is 9.46. The summed E-state index contributed by atoms with van der Waals surface area (Å²) in [5, 5.41) is 0. The topological polar surface area (TPSA) is 35.5 Å². The van der Waals surface area contributed by atoms with Crippen molar-refractivity contribution in [1.29, 1.82) is 0 Å². The molecular weight excluding hydrogens is 396 g/mol. The highest BCUT2D eigenvalue weighted by Crippen LogP contribution is 2.24. The number of carbonyl (C=O) groups excluding carboxylic acids is 1. The SMILES string of the molecule is CCCCCCOc1cccc(C(=O)CCc2cc(CC)ccc2OCCCCCC)c1. The van der Waals surface area contributed by atoms with Gasteiger partial charge < -0.3 is 9.47 Å². The minimum Gasteiger partial charge on any atom is -0.494 e. The molecule has 0 aliphatic rings. The molecule has 0 saturated heterocycles. The van der Waals surface area contributed by atoms with Gasteiger partial charge >= 0.3 is 0 Å². The lowest BCUT2D eigenvalue weighted by Crippen LogP contribution is -2.05. The first-order valence-corrected chi connectivity index (χ1v) is 12.7. The van der Waals surface area contributed by atoms with E-state index >= 15 is 0 Å². The first kappa shape index (κ1) is 26.0. The summed E-state index contributed by atoms with van der Waals surface area (Å²) in [6, 6.07) is 14.0. The lowest BCUT2D eigenvalue weighted by molar-refractivity contribution is 0.0982.